The highest BCUT2D eigenvalue weighted by Gasteiger charge is 2.25. The van der Waals surface area contributed by atoms with Gasteiger partial charge in [0.15, 0.2) is 0 Å². The number of carboxylic acid groups (broad SMARTS) is 1. The van der Waals surface area contributed by atoms with Gasteiger partial charge in [-0.25, -0.2) is 0 Å². The van der Waals surface area contributed by atoms with Gasteiger partial charge in [0.05, 0.1) is 0 Å². The molecule has 0 spiro atoms. The van der Waals surface area contributed by atoms with E-state index in [4.69, 9.17) is 10.8 Å². The fourth-order valence-corrected chi connectivity index (χ4v) is 0.593. The number of nitrogens with two attached hydrogens (primary N) is 1. The summed E-state index contributed by atoms with van der Waals surface area (Å²) in [6, 6.07) is -1.07. The lowest BCUT2D eigenvalue weighted by Crippen LogP contribution is -2.36. The van der Waals surface area contributed by atoms with Crippen LogP contribution >= 0.6 is 12.4 Å². The van der Waals surface area contributed by atoms with Crippen molar-refractivity contribution >= 4 is 24.2 Å². The minimum Gasteiger partial charge on any atom is -0.480 e. The third-order valence-corrected chi connectivity index (χ3v) is 1.56. The van der Waals surface area contributed by atoms with Crippen LogP contribution in [0, 0.1) is 5.41 Å². The molecule has 1 atom stereocenters. The predicted octanol–water partition coefficient (Wildman–Crippen LogP) is 0.825. The molecule has 0 aromatic carbocycles. The molecule has 0 aromatic heterocycles. The molecule has 4 nitrogen and oxygen atoms in total. The van der Waals surface area contributed by atoms with E-state index in [0.29, 0.717) is 0 Å². The van der Waals surface area contributed by atoms with Gasteiger partial charge in [-0.3, -0.25) is 9.59 Å². The van der Waals surface area contributed by atoms with E-state index in [-0.39, 0.29) is 24.6 Å². The van der Waals surface area contributed by atoms with Crippen LogP contribution in [0.3, 0.4) is 0 Å². The number of Topliss-reactive ketones (excluding diaryl/α,β-unsaturated/α-hetero) is 1. The zero-order chi connectivity index (χ0) is 9.94. The molecule has 0 fully saturated rings. The molecule has 0 saturated carbocycles. The zero-order valence-electron chi connectivity index (χ0n) is 8.03. The summed E-state index contributed by atoms with van der Waals surface area (Å²) in [6.07, 6.45) is -0.0984. The van der Waals surface area contributed by atoms with Gasteiger partial charge >= 0.3 is 5.97 Å². The van der Waals surface area contributed by atoms with Gasteiger partial charge in [0.25, 0.3) is 0 Å². The van der Waals surface area contributed by atoms with Crippen molar-refractivity contribution in [3.05, 3.63) is 0 Å². The molecule has 0 saturated heterocycles. The van der Waals surface area contributed by atoms with Crippen molar-refractivity contribution in [2.75, 3.05) is 0 Å². The standard InChI is InChI=1S/C8H15NO3.ClH/c1-8(2,3)6(10)4-5(9)7(11)12;/h5H,4,9H2,1-3H3,(H,11,12);1H. The smallest absolute Gasteiger partial charge is 0.320 e. The fraction of sp³-hybridized carbons (Fsp3) is 0.750. The molecule has 1 unspecified atom stereocenters. The number of hydrogen-bond acceptors (Lipinski definition) is 3. The fourth-order valence-electron chi connectivity index (χ4n) is 0.593. The van der Waals surface area contributed by atoms with Crippen molar-refractivity contribution in [1.29, 1.82) is 0 Å². The molecule has 5 heteroatoms. The van der Waals surface area contributed by atoms with Gasteiger partial charge in [-0.2, -0.15) is 0 Å². The molecule has 0 rings (SSSR count). The second-order valence-corrected chi connectivity index (χ2v) is 3.82. The third-order valence-electron chi connectivity index (χ3n) is 1.56. The lowest BCUT2D eigenvalue weighted by Gasteiger charge is -2.17. The van der Waals surface area contributed by atoms with E-state index in [0.717, 1.165) is 0 Å². The number of ketones is 1. The minimum absolute atomic E-state index is 0. The van der Waals surface area contributed by atoms with E-state index in [2.05, 4.69) is 0 Å². The third kappa shape index (κ3) is 5.60. The summed E-state index contributed by atoms with van der Waals surface area (Å²) in [4.78, 5) is 21.5. The van der Waals surface area contributed by atoms with Crippen molar-refractivity contribution in [3.8, 4) is 0 Å². The lowest BCUT2D eigenvalue weighted by molar-refractivity contribution is -0.141. The van der Waals surface area contributed by atoms with Crippen LogP contribution in [0.1, 0.15) is 27.2 Å². The summed E-state index contributed by atoms with van der Waals surface area (Å²) in [7, 11) is 0. The topological polar surface area (TPSA) is 80.4 Å². The summed E-state index contributed by atoms with van der Waals surface area (Å²) in [5, 5.41) is 8.42. The Morgan fingerprint density at radius 2 is 1.77 bits per heavy atom. The molecule has 13 heavy (non-hydrogen) atoms. The van der Waals surface area contributed by atoms with Gasteiger partial charge < -0.3 is 10.8 Å². The zero-order valence-corrected chi connectivity index (χ0v) is 8.85. The monoisotopic (exact) mass is 209 g/mol. The van der Waals surface area contributed by atoms with Crippen LogP contribution in [0.25, 0.3) is 0 Å². The second kappa shape index (κ2) is 5.19. The Morgan fingerprint density at radius 1 is 1.38 bits per heavy atom. The van der Waals surface area contributed by atoms with Gasteiger partial charge in [-0.1, -0.05) is 20.8 Å². The molecule has 0 aliphatic carbocycles. The first-order chi connectivity index (χ1) is 5.25. The summed E-state index contributed by atoms with van der Waals surface area (Å²) >= 11 is 0. The van der Waals surface area contributed by atoms with Crippen molar-refractivity contribution in [3.63, 3.8) is 0 Å². The molecule has 0 heterocycles. The van der Waals surface area contributed by atoms with Crippen LogP contribution in [0.15, 0.2) is 0 Å². The molecule has 0 aliphatic rings. The van der Waals surface area contributed by atoms with E-state index < -0.39 is 17.4 Å². The number of rotatable bonds is 3. The summed E-state index contributed by atoms with van der Waals surface area (Å²) in [5.74, 6) is -1.26. The van der Waals surface area contributed by atoms with Gasteiger partial charge in [0, 0.05) is 11.8 Å². The second-order valence-electron chi connectivity index (χ2n) is 3.82. The first-order valence-electron chi connectivity index (χ1n) is 3.77. The molecule has 0 aliphatic heterocycles. The largest absolute Gasteiger partial charge is 0.480 e. The highest BCUT2D eigenvalue weighted by molar-refractivity contribution is 5.88. The number of halogens is 1. The van der Waals surface area contributed by atoms with Crippen LogP contribution in [0.5, 0.6) is 0 Å². The first-order valence-corrected chi connectivity index (χ1v) is 3.77. The Balaban J connectivity index is 0. The SMILES string of the molecule is CC(C)(C)C(=O)CC(N)C(=O)O.Cl. The van der Waals surface area contributed by atoms with Crippen molar-refractivity contribution in [2.24, 2.45) is 11.1 Å². The number of aliphatic carboxylic acids is 1. The Hall–Kier alpha value is -0.610. The molecule has 78 valence electrons. The number of carbonyl (C=O) groups excluding carboxylic acids is 1. The highest BCUT2D eigenvalue weighted by atomic mass is 35.5. The summed E-state index contributed by atoms with van der Waals surface area (Å²) in [5.41, 5.74) is 4.69. The van der Waals surface area contributed by atoms with E-state index in [1.807, 2.05) is 0 Å². The van der Waals surface area contributed by atoms with Crippen molar-refractivity contribution in [2.45, 2.75) is 33.2 Å². The molecule has 0 bridgehead atoms. The van der Waals surface area contributed by atoms with Gasteiger partial charge in [0.1, 0.15) is 11.8 Å². The Kier molecular flexibility index (Phi) is 5.95. The number of carboxylic acids is 1. The molecule has 0 aromatic rings. The Bertz CT molecular complexity index is 198. The number of carbonyl (C=O) groups is 2. The quantitative estimate of drug-likeness (QED) is 0.722. The molecule has 3 N–H and O–H groups in total. The minimum atomic E-state index is -1.13. The maximum atomic E-state index is 11.2. The van der Waals surface area contributed by atoms with E-state index in [1.165, 1.54) is 0 Å². The molecular formula is C8H16ClNO3. The average molecular weight is 210 g/mol. The molecule has 0 amide bonds. The Labute approximate surface area is 83.9 Å². The average Bonchev–Trinajstić information content (AvgIpc) is 1.85. The first kappa shape index (κ1) is 14.9. The van der Waals surface area contributed by atoms with Crippen LogP contribution in [0.2, 0.25) is 0 Å². The van der Waals surface area contributed by atoms with Crippen molar-refractivity contribution < 1.29 is 14.7 Å². The summed E-state index contributed by atoms with van der Waals surface area (Å²) in [6.45, 7) is 5.22. The van der Waals surface area contributed by atoms with Gasteiger partial charge in [-0.15, -0.1) is 12.4 Å². The van der Waals surface area contributed by atoms with Crippen molar-refractivity contribution in [1.82, 2.24) is 0 Å². The number of hydrogen-bond donors (Lipinski definition) is 2. The van der Waals surface area contributed by atoms with Crippen LogP contribution in [-0.2, 0) is 9.59 Å². The predicted molar refractivity (Wildman–Crippen MR) is 51.9 cm³/mol. The van der Waals surface area contributed by atoms with E-state index in [9.17, 15) is 9.59 Å². The van der Waals surface area contributed by atoms with Crippen LogP contribution in [-0.4, -0.2) is 22.9 Å². The lowest BCUT2D eigenvalue weighted by atomic mass is 9.87. The summed E-state index contributed by atoms with van der Waals surface area (Å²) < 4.78 is 0. The van der Waals surface area contributed by atoms with Gasteiger partial charge in [0.2, 0.25) is 0 Å². The van der Waals surface area contributed by atoms with Crippen LogP contribution < -0.4 is 5.73 Å². The molecule has 0 radical (unpaired) electrons. The van der Waals surface area contributed by atoms with E-state index in [1.54, 1.807) is 20.8 Å². The maximum absolute atomic E-state index is 11.2. The van der Waals surface area contributed by atoms with Crippen LogP contribution in [0.4, 0.5) is 0 Å². The normalized spacial score (nSPS) is 12.9. The Morgan fingerprint density at radius 3 is 2.00 bits per heavy atom. The molecular weight excluding hydrogens is 194 g/mol. The van der Waals surface area contributed by atoms with E-state index >= 15 is 0 Å². The maximum Gasteiger partial charge on any atom is 0.320 e. The van der Waals surface area contributed by atoms with Gasteiger partial charge in [-0.05, 0) is 0 Å². The highest BCUT2D eigenvalue weighted by Crippen LogP contribution is 2.17.